The number of aryl methyl sites for hydroxylation is 1. The normalized spacial score (nSPS) is 10.4. The van der Waals surface area contributed by atoms with E-state index in [1.807, 2.05) is 13.0 Å². The maximum Gasteiger partial charge on any atom is 0.252 e. The fourth-order valence-corrected chi connectivity index (χ4v) is 1.85. The third kappa shape index (κ3) is 3.18. The highest BCUT2D eigenvalue weighted by molar-refractivity contribution is 5.42. The number of nitriles is 1. The lowest BCUT2D eigenvalue weighted by atomic mass is 10.1. The van der Waals surface area contributed by atoms with Gasteiger partial charge in [0.15, 0.2) is 0 Å². The molecule has 0 aliphatic heterocycles. The van der Waals surface area contributed by atoms with E-state index in [4.69, 9.17) is 5.26 Å². The summed E-state index contributed by atoms with van der Waals surface area (Å²) >= 11 is 0. The van der Waals surface area contributed by atoms with Crippen molar-refractivity contribution in [2.24, 2.45) is 0 Å². The molecule has 2 aromatic rings. The summed E-state index contributed by atoms with van der Waals surface area (Å²) in [5.74, 6) is 0.189. The Morgan fingerprint density at radius 1 is 1.42 bits per heavy atom. The van der Waals surface area contributed by atoms with Gasteiger partial charge in [-0.1, -0.05) is 19.1 Å². The molecule has 1 N–H and O–H groups in total. The zero-order valence-electron chi connectivity index (χ0n) is 11.2. The topological polar surface area (TPSA) is 66.5 Å². The Kier molecular flexibility index (Phi) is 4.26. The molecule has 5 heteroatoms. The Bertz CT molecular complexity index is 594. The number of benzene rings is 1. The van der Waals surface area contributed by atoms with Crippen molar-refractivity contribution >= 4 is 0 Å². The fraction of sp³-hybridized carbons (Fsp3) is 0.357. The van der Waals surface area contributed by atoms with Crippen LogP contribution in [0.1, 0.15) is 30.3 Å². The summed E-state index contributed by atoms with van der Waals surface area (Å²) in [4.78, 5) is 3.93. The Labute approximate surface area is 112 Å². The molecule has 2 rings (SSSR count). The first-order valence-corrected chi connectivity index (χ1v) is 6.37. The molecule has 5 nitrogen and oxygen atoms in total. The average Bonchev–Trinajstić information content (AvgIpc) is 2.89. The van der Waals surface area contributed by atoms with Gasteiger partial charge in [-0.05, 0) is 37.1 Å². The third-order valence-electron chi connectivity index (χ3n) is 2.87. The van der Waals surface area contributed by atoms with Crippen molar-refractivity contribution in [1.29, 1.82) is 5.26 Å². The fourth-order valence-electron chi connectivity index (χ4n) is 1.85. The van der Waals surface area contributed by atoms with E-state index in [2.05, 4.69) is 40.5 Å². The van der Waals surface area contributed by atoms with Crippen LogP contribution in [-0.2, 0) is 6.54 Å². The van der Waals surface area contributed by atoms with Gasteiger partial charge in [0.1, 0.15) is 12.4 Å². The van der Waals surface area contributed by atoms with Gasteiger partial charge in [0, 0.05) is 6.54 Å². The molecule has 0 bridgehead atoms. The van der Waals surface area contributed by atoms with Crippen LogP contribution in [0.25, 0.3) is 5.69 Å². The lowest BCUT2D eigenvalue weighted by Gasteiger charge is -2.09. The zero-order chi connectivity index (χ0) is 13.7. The van der Waals surface area contributed by atoms with Crippen molar-refractivity contribution < 1.29 is 0 Å². The van der Waals surface area contributed by atoms with Gasteiger partial charge in [-0.3, -0.25) is 0 Å². The molecule has 0 saturated heterocycles. The van der Waals surface area contributed by atoms with E-state index in [-0.39, 0.29) is 5.82 Å². The van der Waals surface area contributed by atoms with Gasteiger partial charge >= 0.3 is 0 Å². The summed E-state index contributed by atoms with van der Waals surface area (Å²) in [6.07, 6.45) is 2.69. The van der Waals surface area contributed by atoms with Crippen LogP contribution in [0.15, 0.2) is 24.5 Å². The first-order chi connectivity index (χ1) is 9.24. The van der Waals surface area contributed by atoms with Crippen LogP contribution in [0.2, 0.25) is 0 Å². The second kappa shape index (κ2) is 6.12. The largest absolute Gasteiger partial charge is 0.313 e. The molecule has 0 aliphatic rings. The molecule has 98 valence electrons. The Hall–Kier alpha value is -2.19. The summed E-state index contributed by atoms with van der Waals surface area (Å²) < 4.78 is 1.65. The predicted octanol–water partition coefficient (Wildman–Crippen LogP) is 1.95. The quantitative estimate of drug-likeness (QED) is 0.829. The smallest absolute Gasteiger partial charge is 0.252 e. The van der Waals surface area contributed by atoms with Crippen LogP contribution < -0.4 is 5.32 Å². The van der Waals surface area contributed by atoms with Crippen LogP contribution in [0, 0.1) is 18.3 Å². The second-order valence-corrected chi connectivity index (χ2v) is 4.42. The van der Waals surface area contributed by atoms with Gasteiger partial charge in [0.05, 0.1) is 5.69 Å². The van der Waals surface area contributed by atoms with Crippen molar-refractivity contribution in [3.8, 4) is 11.8 Å². The lowest BCUT2D eigenvalue weighted by molar-refractivity contribution is 0.674. The van der Waals surface area contributed by atoms with Crippen LogP contribution >= 0.6 is 0 Å². The summed E-state index contributed by atoms with van der Waals surface area (Å²) in [5.41, 5.74) is 3.27. The van der Waals surface area contributed by atoms with Gasteiger partial charge in [0.2, 0.25) is 0 Å². The van der Waals surface area contributed by atoms with Crippen LogP contribution in [0.4, 0.5) is 0 Å². The molecule has 0 atom stereocenters. The van der Waals surface area contributed by atoms with Crippen molar-refractivity contribution in [2.45, 2.75) is 26.8 Å². The molecular formula is C14H17N5. The second-order valence-electron chi connectivity index (χ2n) is 4.42. The van der Waals surface area contributed by atoms with Crippen molar-refractivity contribution in [3.05, 3.63) is 41.5 Å². The molecule has 0 amide bonds. The molecule has 0 fully saturated rings. The number of nitrogens with one attached hydrogen (secondary N) is 1. The zero-order valence-corrected chi connectivity index (χ0v) is 11.2. The minimum Gasteiger partial charge on any atom is -0.313 e. The van der Waals surface area contributed by atoms with E-state index >= 15 is 0 Å². The maximum atomic E-state index is 8.77. The van der Waals surface area contributed by atoms with E-state index in [0.717, 1.165) is 30.8 Å². The summed E-state index contributed by atoms with van der Waals surface area (Å²) in [5, 5.41) is 16.3. The number of hydrogen-bond acceptors (Lipinski definition) is 4. The standard InChI is InChI=1S/C14H17N5/c1-3-6-16-9-12-5-4-11(2)13(7-12)19-10-17-14(8-15)18-19/h4-5,7,10,16H,3,6,9H2,1-2H3. The van der Waals surface area contributed by atoms with E-state index in [1.54, 1.807) is 11.0 Å². The molecule has 0 radical (unpaired) electrons. The highest BCUT2D eigenvalue weighted by Gasteiger charge is 2.06. The van der Waals surface area contributed by atoms with Crippen molar-refractivity contribution in [1.82, 2.24) is 20.1 Å². The van der Waals surface area contributed by atoms with Crippen molar-refractivity contribution in [2.75, 3.05) is 6.54 Å². The number of rotatable bonds is 5. The highest BCUT2D eigenvalue weighted by atomic mass is 15.3. The minimum atomic E-state index is 0.189. The third-order valence-corrected chi connectivity index (χ3v) is 2.87. The highest BCUT2D eigenvalue weighted by Crippen LogP contribution is 2.15. The lowest BCUT2D eigenvalue weighted by Crippen LogP contribution is -2.14. The first-order valence-electron chi connectivity index (χ1n) is 6.37. The molecule has 0 saturated carbocycles. The number of aromatic nitrogens is 3. The van der Waals surface area contributed by atoms with Gasteiger partial charge < -0.3 is 5.32 Å². The van der Waals surface area contributed by atoms with Gasteiger partial charge in [0.25, 0.3) is 5.82 Å². The molecule has 0 spiro atoms. The van der Waals surface area contributed by atoms with E-state index in [9.17, 15) is 0 Å². The van der Waals surface area contributed by atoms with Gasteiger partial charge in [-0.2, -0.15) is 5.26 Å². The van der Waals surface area contributed by atoms with E-state index in [1.165, 1.54) is 5.56 Å². The van der Waals surface area contributed by atoms with Crippen LogP contribution in [-0.4, -0.2) is 21.3 Å². The summed E-state index contributed by atoms with van der Waals surface area (Å²) in [7, 11) is 0. The van der Waals surface area contributed by atoms with Crippen LogP contribution in [0.5, 0.6) is 0 Å². The minimum absolute atomic E-state index is 0.189. The molecule has 19 heavy (non-hydrogen) atoms. The Balaban J connectivity index is 2.24. The molecule has 1 heterocycles. The maximum absolute atomic E-state index is 8.77. The molecule has 1 aromatic heterocycles. The SMILES string of the molecule is CCCNCc1ccc(C)c(-n2cnc(C#N)n2)c1. The summed E-state index contributed by atoms with van der Waals surface area (Å²) in [6, 6.07) is 8.18. The average molecular weight is 255 g/mol. The number of nitrogens with zero attached hydrogens (tertiary/aromatic N) is 4. The van der Waals surface area contributed by atoms with Crippen LogP contribution in [0.3, 0.4) is 0 Å². The number of hydrogen-bond donors (Lipinski definition) is 1. The van der Waals surface area contributed by atoms with E-state index in [0.29, 0.717) is 0 Å². The summed E-state index contributed by atoms with van der Waals surface area (Å²) in [6.45, 7) is 6.00. The monoisotopic (exact) mass is 255 g/mol. The molecular weight excluding hydrogens is 238 g/mol. The first kappa shape index (κ1) is 13.2. The van der Waals surface area contributed by atoms with Gasteiger partial charge in [-0.25, -0.2) is 9.67 Å². The van der Waals surface area contributed by atoms with E-state index < -0.39 is 0 Å². The molecule has 0 unspecified atom stereocenters. The molecule has 1 aromatic carbocycles. The predicted molar refractivity (Wildman–Crippen MR) is 72.8 cm³/mol. The van der Waals surface area contributed by atoms with Gasteiger partial charge in [-0.15, -0.1) is 5.10 Å². The Morgan fingerprint density at radius 2 is 2.26 bits per heavy atom. The molecule has 0 aliphatic carbocycles. The Morgan fingerprint density at radius 3 is 2.95 bits per heavy atom. The van der Waals surface area contributed by atoms with Crippen molar-refractivity contribution in [3.63, 3.8) is 0 Å².